The molecule has 0 bridgehead atoms. The summed E-state index contributed by atoms with van der Waals surface area (Å²) < 4.78 is 31.9. The van der Waals surface area contributed by atoms with E-state index in [1.807, 2.05) is 6.07 Å². The van der Waals surface area contributed by atoms with Gasteiger partial charge >= 0.3 is 0 Å². The van der Waals surface area contributed by atoms with Gasteiger partial charge in [0.2, 0.25) is 10.0 Å². The first-order valence-corrected chi connectivity index (χ1v) is 10.5. The van der Waals surface area contributed by atoms with E-state index in [0.717, 1.165) is 5.39 Å². The number of sulfonamides is 1. The van der Waals surface area contributed by atoms with E-state index in [0.29, 0.717) is 27.4 Å². The van der Waals surface area contributed by atoms with E-state index in [4.69, 9.17) is 16.0 Å². The fourth-order valence-electron chi connectivity index (χ4n) is 2.75. The number of hydrogen-bond donors (Lipinski definition) is 2. The Morgan fingerprint density at radius 2 is 1.93 bits per heavy atom. The zero-order chi connectivity index (χ0) is 20.3. The van der Waals surface area contributed by atoms with Gasteiger partial charge in [-0.2, -0.15) is 0 Å². The molecule has 3 rings (SSSR count). The number of furan rings is 1. The van der Waals surface area contributed by atoms with E-state index < -0.39 is 15.9 Å². The summed E-state index contributed by atoms with van der Waals surface area (Å²) in [5.74, 6) is -0.378. The number of anilines is 1. The number of rotatable bonds is 7. The van der Waals surface area contributed by atoms with Gasteiger partial charge in [0.1, 0.15) is 0 Å². The third-order valence-corrected chi connectivity index (χ3v) is 5.76. The number of nitrogens with one attached hydrogen (secondary N) is 2. The van der Waals surface area contributed by atoms with Gasteiger partial charge < -0.3 is 9.73 Å². The van der Waals surface area contributed by atoms with Crippen LogP contribution in [-0.4, -0.2) is 20.9 Å². The summed E-state index contributed by atoms with van der Waals surface area (Å²) in [6.07, 6.45) is 1.48. The second-order valence-corrected chi connectivity index (χ2v) is 8.43. The molecule has 2 N–H and O–H groups in total. The molecular weight excluding hydrogens is 400 g/mol. The van der Waals surface area contributed by atoms with Crippen LogP contribution in [0, 0.1) is 6.92 Å². The van der Waals surface area contributed by atoms with Crippen LogP contribution in [-0.2, 0) is 15.8 Å². The van der Waals surface area contributed by atoms with Crippen LogP contribution >= 0.6 is 11.6 Å². The molecule has 0 saturated heterocycles. The van der Waals surface area contributed by atoms with Gasteiger partial charge in [-0.25, -0.2) is 13.1 Å². The van der Waals surface area contributed by atoms with Crippen LogP contribution in [0.2, 0.25) is 5.02 Å². The molecule has 2 aromatic carbocycles. The number of hydrogen-bond acceptors (Lipinski definition) is 4. The van der Waals surface area contributed by atoms with Crippen molar-refractivity contribution >= 4 is 44.2 Å². The smallest absolute Gasteiger partial charge is 0.291 e. The molecule has 0 aliphatic heterocycles. The minimum Gasteiger partial charge on any atom is -0.449 e. The minimum atomic E-state index is -3.44. The van der Waals surface area contributed by atoms with E-state index in [1.165, 1.54) is 6.08 Å². The number of fused-ring (bicyclic) bond motifs is 1. The molecule has 146 valence electrons. The predicted octanol–water partition coefficient (Wildman–Crippen LogP) is 4.25. The first-order chi connectivity index (χ1) is 13.3. The molecule has 0 saturated carbocycles. The van der Waals surface area contributed by atoms with E-state index in [1.54, 1.807) is 43.3 Å². The van der Waals surface area contributed by atoms with Gasteiger partial charge in [-0.3, -0.25) is 4.79 Å². The van der Waals surface area contributed by atoms with Crippen LogP contribution < -0.4 is 10.0 Å². The topological polar surface area (TPSA) is 88.4 Å². The maximum atomic E-state index is 12.6. The molecule has 0 aliphatic rings. The lowest BCUT2D eigenvalue weighted by Gasteiger charge is -2.07. The fourth-order valence-corrected chi connectivity index (χ4v) is 4.07. The molecule has 1 amide bonds. The van der Waals surface area contributed by atoms with Crippen molar-refractivity contribution in [3.05, 3.63) is 77.0 Å². The van der Waals surface area contributed by atoms with Crippen molar-refractivity contribution in [2.75, 3.05) is 11.9 Å². The maximum Gasteiger partial charge on any atom is 0.291 e. The number of amides is 1. The van der Waals surface area contributed by atoms with Crippen LogP contribution in [0.1, 0.15) is 21.7 Å². The number of halogens is 1. The van der Waals surface area contributed by atoms with E-state index in [-0.39, 0.29) is 18.1 Å². The summed E-state index contributed by atoms with van der Waals surface area (Å²) >= 11 is 6.12. The highest BCUT2D eigenvalue weighted by Crippen LogP contribution is 2.31. The minimum absolute atomic E-state index is 0.157. The van der Waals surface area contributed by atoms with Crippen LogP contribution in [0.4, 0.5) is 5.69 Å². The highest BCUT2D eigenvalue weighted by Gasteiger charge is 2.19. The molecule has 0 radical (unpaired) electrons. The Hall–Kier alpha value is -2.61. The molecule has 0 unspecified atom stereocenters. The van der Waals surface area contributed by atoms with Gasteiger partial charge in [0.05, 0.1) is 10.8 Å². The van der Waals surface area contributed by atoms with Crippen molar-refractivity contribution in [3.8, 4) is 0 Å². The van der Waals surface area contributed by atoms with Crippen molar-refractivity contribution in [2.24, 2.45) is 0 Å². The van der Waals surface area contributed by atoms with E-state index in [9.17, 15) is 13.2 Å². The standard InChI is InChI=1S/C20H19ClN2O4S/c1-3-11-22-28(25,26)12-14-7-9-15(10-8-14)23-20(24)18-13(2)16-5-4-6-17(21)19(16)27-18/h3-10,22H,1,11-12H2,2H3,(H,23,24). The molecule has 28 heavy (non-hydrogen) atoms. The summed E-state index contributed by atoms with van der Waals surface area (Å²) in [4.78, 5) is 12.6. The summed E-state index contributed by atoms with van der Waals surface area (Å²) in [6, 6.07) is 11.9. The molecule has 0 aliphatic carbocycles. The first kappa shape index (κ1) is 20.1. The zero-order valence-electron chi connectivity index (χ0n) is 15.2. The Bertz CT molecular complexity index is 1130. The van der Waals surface area contributed by atoms with Crippen LogP contribution in [0.3, 0.4) is 0 Å². The van der Waals surface area contributed by atoms with Gasteiger partial charge in [0, 0.05) is 23.2 Å². The molecule has 1 aromatic heterocycles. The van der Waals surface area contributed by atoms with Crippen molar-refractivity contribution in [1.82, 2.24) is 4.72 Å². The normalized spacial score (nSPS) is 11.5. The Kier molecular flexibility index (Phi) is 5.88. The van der Waals surface area contributed by atoms with Gasteiger partial charge in [0.15, 0.2) is 11.3 Å². The highest BCUT2D eigenvalue weighted by atomic mass is 35.5. The zero-order valence-corrected chi connectivity index (χ0v) is 16.7. The number of benzene rings is 2. The van der Waals surface area contributed by atoms with Crippen molar-refractivity contribution in [2.45, 2.75) is 12.7 Å². The largest absolute Gasteiger partial charge is 0.449 e. The Morgan fingerprint density at radius 3 is 2.57 bits per heavy atom. The number of carbonyl (C=O) groups is 1. The molecule has 0 atom stereocenters. The average Bonchev–Trinajstić information content (AvgIpc) is 3.00. The second kappa shape index (κ2) is 8.18. The SMILES string of the molecule is C=CCNS(=O)(=O)Cc1ccc(NC(=O)c2oc3c(Cl)cccc3c2C)cc1. The van der Waals surface area contributed by atoms with Gasteiger partial charge in [-0.05, 0) is 30.7 Å². The quantitative estimate of drug-likeness (QED) is 0.561. The summed E-state index contributed by atoms with van der Waals surface area (Å²) in [5, 5.41) is 3.97. The number of para-hydroxylation sites is 1. The van der Waals surface area contributed by atoms with E-state index >= 15 is 0 Å². The van der Waals surface area contributed by atoms with Crippen molar-refractivity contribution in [1.29, 1.82) is 0 Å². The summed E-state index contributed by atoms with van der Waals surface area (Å²) in [6.45, 7) is 5.45. The average molecular weight is 419 g/mol. The van der Waals surface area contributed by atoms with Crippen LogP contribution in [0.15, 0.2) is 59.5 Å². The monoisotopic (exact) mass is 418 g/mol. The lowest BCUT2D eigenvalue weighted by Crippen LogP contribution is -2.25. The molecule has 1 heterocycles. The second-order valence-electron chi connectivity index (χ2n) is 6.22. The van der Waals surface area contributed by atoms with Crippen molar-refractivity contribution in [3.63, 3.8) is 0 Å². The van der Waals surface area contributed by atoms with Gasteiger partial charge in [-0.1, -0.05) is 41.9 Å². The summed E-state index contributed by atoms with van der Waals surface area (Å²) in [5.41, 5.74) is 2.29. The predicted molar refractivity (Wildman–Crippen MR) is 111 cm³/mol. The molecule has 3 aromatic rings. The van der Waals surface area contributed by atoms with Gasteiger partial charge in [0.25, 0.3) is 5.91 Å². The number of carbonyl (C=O) groups excluding carboxylic acids is 1. The lowest BCUT2D eigenvalue weighted by molar-refractivity contribution is 0.0998. The first-order valence-electron chi connectivity index (χ1n) is 8.47. The van der Waals surface area contributed by atoms with Crippen LogP contribution in [0.25, 0.3) is 11.0 Å². The highest BCUT2D eigenvalue weighted by molar-refractivity contribution is 7.88. The van der Waals surface area contributed by atoms with E-state index in [2.05, 4.69) is 16.6 Å². The fraction of sp³-hybridized carbons (Fsp3) is 0.150. The Morgan fingerprint density at radius 1 is 1.21 bits per heavy atom. The summed E-state index contributed by atoms with van der Waals surface area (Å²) in [7, 11) is -3.44. The van der Waals surface area contributed by atoms with Gasteiger partial charge in [-0.15, -0.1) is 6.58 Å². The Balaban J connectivity index is 1.74. The van der Waals surface area contributed by atoms with Crippen molar-refractivity contribution < 1.29 is 17.6 Å². The molecule has 8 heteroatoms. The maximum absolute atomic E-state index is 12.6. The Labute approximate surface area is 168 Å². The molecule has 0 fully saturated rings. The molecule has 0 spiro atoms. The third kappa shape index (κ3) is 4.44. The van der Waals surface area contributed by atoms with Crippen LogP contribution in [0.5, 0.6) is 0 Å². The molecular formula is C20H19ClN2O4S. The molecule has 6 nitrogen and oxygen atoms in total. The lowest BCUT2D eigenvalue weighted by atomic mass is 10.1. The number of aryl methyl sites for hydroxylation is 1. The third-order valence-electron chi connectivity index (χ3n) is 4.14.